The monoisotopic (exact) mass is 290 g/mol. The third kappa shape index (κ3) is 2.92. The Balaban J connectivity index is 1.77. The standard InChI is InChI=1S/C14H22N6O/c1-9-12(21-10(2)16-9)13-17-14(19-18-13)20-6-4-5-11(8-20)7-15-3/h11,15H,4-8H2,1-3H3,(H,17,18,19). The maximum absolute atomic E-state index is 5.59. The highest BCUT2D eigenvalue weighted by Crippen LogP contribution is 2.24. The van der Waals surface area contributed by atoms with Crippen molar-refractivity contribution < 1.29 is 4.42 Å². The lowest BCUT2D eigenvalue weighted by Crippen LogP contribution is -2.39. The fourth-order valence-corrected chi connectivity index (χ4v) is 2.95. The van der Waals surface area contributed by atoms with Gasteiger partial charge in [0.05, 0.1) is 5.69 Å². The van der Waals surface area contributed by atoms with Crippen LogP contribution in [-0.4, -0.2) is 46.8 Å². The van der Waals surface area contributed by atoms with Crippen LogP contribution in [0.5, 0.6) is 0 Å². The summed E-state index contributed by atoms with van der Waals surface area (Å²) >= 11 is 0. The van der Waals surface area contributed by atoms with Crippen LogP contribution in [0.3, 0.4) is 0 Å². The number of rotatable bonds is 4. The number of aromatic amines is 1. The van der Waals surface area contributed by atoms with Gasteiger partial charge in [-0.2, -0.15) is 4.98 Å². The van der Waals surface area contributed by atoms with Gasteiger partial charge in [0.2, 0.25) is 5.95 Å². The van der Waals surface area contributed by atoms with Gasteiger partial charge in [-0.05, 0) is 39.3 Å². The minimum Gasteiger partial charge on any atom is -0.437 e. The molecule has 21 heavy (non-hydrogen) atoms. The van der Waals surface area contributed by atoms with Crippen LogP contribution in [-0.2, 0) is 0 Å². The summed E-state index contributed by atoms with van der Waals surface area (Å²) in [6.45, 7) is 6.78. The topological polar surface area (TPSA) is 82.9 Å². The molecule has 2 aromatic heterocycles. The Morgan fingerprint density at radius 3 is 2.95 bits per heavy atom. The van der Waals surface area contributed by atoms with Crippen LogP contribution in [0.2, 0.25) is 0 Å². The molecule has 3 heterocycles. The summed E-state index contributed by atoms with van der Waals surface area (Å²) in [5.41, 5.74) is 0.835. The molecule has 114 valence electrons. The van der Waals surface area contributed by atoms with Crippen molar-refractivity contribution in [3.8, 4) is 11.6 Å². The van der Waals surface area contributed by atoms with Crippen molar-refractivity contribution in [2.75, 3.05) is 31.6 Å². The van der Waals surface area contributed by atoms with Gasteiger partial charge in [0.25, 0.3) is 0 Å². The van der Waals surface area contributed by atoms with Crippen molar-refractivity contribution in [1.29, 1.82) is 0 Å². The highest BCUT2D eigenvalue weighted by molar-refractivity contribution is 5.52. The minimum absolute atomic E-state index is 0.646. The molecule has 7 nitrogen and oxygen atoms in total. The Kier molecular flexibility index (Phi) is 3.92. The summed E-state index contributed by atoms with van der Waals surface area (Å²) in [7, 11) is 2.00. The normalized spacial score (nSPS) is 19.2. The molecule has 0 spiro atoms. The lowest BCUT2D eigenvalue weighted by Gasteiger charge is -2.31. The molecule has 1 unspecified atom stereocenters. The first kappa shape index (κ1) is 14.1. The smallest absolute Gasteiger partial charge is 0.245 e. The molecule has 0 radical (unpaired) electrons. The van der Waals surface area contributed by atoms with Gasteiger partial charge < -0.3 is 14.6 Å². The molecular weight excluding hydrogens is 268 g/mol. The van der Waals surface area contributed by atoms with Crippen molar-refractivity contribution in [2.24, 2.45) is 5.92 Å². The molecule has 0 bridgehead atoms. The Labute approximate surface area is 124 Å². The molecule has 0 aromatic carbocycles. The van der Waals surface area contributed by atoms with Gasteiger partial charge in [-0.1, -0.05) is 0 Å². The minimum atomic E-state index is 0.646. The van der Waals surface area contributed by atoms with E-state index in [1.807, 2.05) is 20.9 Å². The van der Waals surface area contributed by atoms with Crippen molar-refractivity contribution >= 4 is 5.95 Å². The summed E-state index contributed by atoms with van der Waals surface area (Å²) in [4.78, 5) is 11.1. The van der Waals surface area contributed by atoms with Gasteiger partial charge >= 0.3 is 0 Å². The molecule has 1 atom stereocenters. The fourth-order valence-electron chi connectivity index (χ4n) is 2.95. The second-order valence-corrected chi connectivity index (χ2v) is 5.64. The van der Waals surface area contributed by atoms with Crippen LogP contribution in [0.4, 0.5) is 5.95 Å². The Hall–Kier alpha value is -1.89. The zero-order chi connectivity index (χ0) is 14.8. The lowest BCUT2D eigenvalue weighted by atomic mass is 9.98. The zero-order valence-electron chi connectivity index (χ0n) is 12.8. The highest BCUT2D eigenvalue weighted by atomic mass is 16.4. The number of hydrogen-bond acceptors (Lipinski definition) is 6. The summed E-state index contributed by atoms with van der Waals surface area (Å²) in [5.74, 6) is 3.38. The molecule has 2 aromatic rings. The Morgan fingerprint density at radius 1 is 1.38 bits per heavy atom. The molecule has 1 aliphatic rings. The van der Waals surface area contributed by atoms with E-state index < -0.39 is 0 Å². The van der Waals surface area contributed by atoms with Gasteiger partial charge in [-0.3, -0.25) is 5.10 Å². The van der Waals surface area contributed by atoms with E-state index in [0.29, 0.717) is 23.4 Å². The lowest BCUT2D eigenvalue weighted by molar-refractivity contribution is 0.399. The molecule has 0 amide bonds. The first-order chi connectivity index (χ1) is 10.2. The third-order valence-corrected chi connectivity index (χ3v) is 3.89. The van der Waals surface area contributed by atoms with Gasteiger partial charge in [0.15, 0.2) is 17.5 Å². The molecule has 1 aliphatic heterocycles. The first-order valence-electron chi connectivity index (χ1n) is 7.43. The second-order valence-electron chi connectivity index (χ2n) is 5.64. The molecule has 0 saturated carbocycles. The summed E-state index contributed by atoms with van der Waals surface area (Å²) < 4.78 is 5.59. The molecular formula is C14H22N6O. The summed E-state index contributed by atoms with van der Waals surface area (Å²) in [5, 5.41) is 10.6. The Morgan fingerprint density at radius 2 is 2.24 bits per heavy atom. The van der Waals surface area contributed by atoms with E-state index in [1.165, 1.54) is 12.8 Å². The maximum atomic E-state index is 5.59. The molecule has 7 heteroatoms. The average molecular weight is 290 g/mol. The van der Waals surface area contributed by atoms with Gasteiger partial charge in [-0.25, -0.2) is 4.98 Å². The van der Waals surface area contributed by atoms with Gasteiger partial charge in [0, 0.05) is 20.0 Å². The van der Waals surface area contributed by atoms with Crippen molar-refractivity contribution in [2.45, 2.75) is 26.7 Å². The number of anilines is 1. The van der Waals surface area contributed by atoms with E-state index in [-0.39, 0.29) is 0 Å². The van der Waals surface area contributed by atoms with Crippen LogP contribution in [0, 0.1) is 19.8 Å². The Bertz CT molecular complexity index is 602. The maximum Gasteiger partial charge on any atom is 0.245 e. The van der Waals surface area contributed by atoms with Gasteiger partial charge in [-0.15, -0.1) is 5.10 Å². The number of nitrogens with zero attached hydrogens (tertiary/aromatic N) is 4. The average Bonchev–Trinajstić information content (AvgIpc) is 3.06. The zero-order valence-corrected chi connectivity index (χ0v) is 12.8. The van der Waals surface area contributed by atoms with Crippen LogP contribution >= 0.6 is 0 Å². The first-order valence-corrected chi connectivity index (χ1v) is 7.43. The predicted molar refractivity (Wildman–Crippen MR) is 80.2 cm³/mol. The molecule has 3 rings (SSSR count). The number of aromatic nitrogens is 4. The van der Waals surface area contributed by atoms with Gasteiger partial charge in [0.1, 0.15) is 0 Å². The third-order valence-electron chi connectivity index (χ3n) is 3.89. The predicted octanol–water partition coefficient (Wildman–Crippen LogP) is 1.51. The number of oxazole rings is 1. The van der Waals surface area contributed by atoms with Crippen LogP contribution in [0.25, 0.3) is 11.6 Å². The number of aryl methyl sites for hydroxylation is 2. The summed E-state index contributed by atoms with van der Waals surface area (Å²) in [6.07, 6.45) is 2.44. The quantitative estimate of drug-likeness (QED) is 0.888. The van der Waals surface area contributed by atoms with Crippen LogP contribution in [0.1, 0.15) is 24.4 Å². The molecule has 1 saturated heterocycles. The van der Waals surface area contributed by atoms with E-state index in [4.69, 9.17) is 4.42 Å². The number of H-pyrrole nitrogens is 1. The number of hydrogen-bond donors (Lipinski definition) is 2. The van der Waals surface area contributed by atoms with Crippen molar-refractivity contribution in [1.82, 2.24) is 25.5 Å². The van der Waals surface area contributed by atoms with E-state index >= 15 is 0 Å². The van der Waals surface area contributed by atoms with Crippen LogP contribution < -0.4 is 10.2 Å². The number of piperidine rings is 1. The SMILES string of the molecule is CNCC1CCCN(c2n[nH]c(-c3oc(C)nc3C)n2)C1. The highest BCUT2D eigenvalue weighted by Gasteiger charge is 2.23. The molecule has 1 fully saturated rings. The molecule has 2 N–H and O–H groups in total. The van der Waals surface area contributed by atoms with Crippen molar-refractivity contribution in [3.05, 3.63) is 11.6 Å². The number of nitrogens with one attached hydrogen (secondary N) is 2. The summed E-state index contributed by atoms with van der Waals surface area (Å²) in [6, 6.07) is 0. The van der Waals surface area contributed by atoms with E-state index in [9.17, 15) is 0 Å². The second kappa shape index (κ2) is 5.85. The van der Waals surface area contributed by atoms with Crippen LogP contribution in [0.15, 0.2) is 4.42 Å². The van der Waals surface area contributed by atoms with Crippen molar-refractivity contribution in [3.63, 3.8) is 0 Å². The van der Waals surface area contributed by atoms with E-state index in [2.05, 4.69) is 30.4 Å². The van der Waals surface area contributed by atoms with E-state index in [1.54, 1.807) is 0 Å². The largest absolute Gasteiger partial charge is 0.437 e. The fraction of sp³-hybridized carbons (Fsp3) is 0.643. The van der Waals surface area contributed by atoms with E-state index in [0.717, 1.165) is 31.3 Å². The molecule has 0 aliphatic carbocycles.